The number of benzene rings is 1. The third-order valence-corrected chi connectivity index (χ3v) is 3.83. The molecule has 126 valence electrons. The second-order valence-corrected chi connectivity index (χ2v) is 5.52. The Kier molecular flexibility index (Phi) is 5.48. The van der Waals surface area contributed by atoms with Gasteiger partial charge in [0.05, 0.1) is 31.0 Å². The highest BCUT2D eigenvalue weighted by Gasteiger charge is 2.17. The first kappa shape index (κ1) is 17.4. The highest BCUT2D eigenvalue weighted by molar-refractivity contribution is 7.06. The van der Waals surface area contributed by atoms with Gasteiger partial charge in [-0.15, -0.1) is 11.3 Å². The Morgan fingerprint density at radius 2 is 1.92 bits per heavy atom. The minimum Gasteiger partial charge on any atom is -0.465 e. The average molecular weight is 349 g/mol. The molecule has 0 spiro atoms. The van der Waals surface area contributed by atoms with Crippen molar-refractivity contribution < 1.29 is 23.9 Å². The van der Waals surface area contributed by atoms with Gasteiger partial charge in [-0.25, -0.2) is 9.59 Å². The second kappa shape index (κ2) is 7.55. The van der Waals surface area contributed by atoms with Crippen LogP contribution in [0, 0.1) is 5.41 Å². The van der Waals surface area contributed by atoms with E-state index in [0.29, 0.717) is 0 Å². The van der Waals surface area contributed by atoms with Crippen LogP contribution in [0.2, 0.25) is 0 Å². The predicted molar refractivity (Wildman–Crippen MR) is 85.9 cm³/mol. The lowest BCUT2D eigenvalue weighted by molar-refractivity contribution is -0.116. The molecule has 0 aliphatic carbocycles. The zero-order valence-corrected chi connectivity index (χ0v) is 13.8. The highest BCUT2D eigenvalue weighted by Crippen LogP contribution is 2.20. The van der Waals surface area contributed by atoms with E-state index >= 15 is 0 Å². The maximum Gasteiger partial charge on any atom is 0.339 e. The van der Waals surface area contributed by atoms with Gasteiger partial charge in [0.1, 0.15) is 6.54 Å². The fraction of sp³-hybridized carbons (Fsp3) is 0.200. The van der Waals surface area contributed by atoms with Crippen LogP contribution in [0.1, 0.15) is 20.7 Å². The van der Waals surface area contributed by atoms with Crippen molar-refractivity contribution in [3.05, 3.63) is 45.7 Å². The van der Waals surface area contributed by atoms with E-state index in [1.807, 2.05) is 0 Å². The number of hydrogen-bond acceptors (Lipinski definition) is 7. The summed E-state index contributed by atoms with van der Waals surface area (Å²) in [7, 11) is 2.45. The molecule has 1 amide bonds. The van der Waals surface area contributed by atoms with E-state index in [9.17, 15) is 14.4 Å². The van der Waals surface area contributed by atoms with Crippen LogP contribution in [0.25, 0.3) is 0 Å². The van der Waals surface area contributed by atoms with Crippen LogP contribution in [0.4, 0.5) is 5.69 Å². The molecule has 2 N–H and O–H groups in total. The van der Waals surface area contributed by atoms with E-state index in [1.165, 1.54) is 48.3 Å². The van der Waals surface area contributed by atoms with Gasteiger partial charge in [-0.1, -0.05) is 0 Å². The summed E-state index contributed by atoms with van der Waals surface area (Å²) in [6, 6.07) is 4.13. The van der Waals surface area contributed by atoms with Crippen molar-refractivity contribution >= 4 is 34.9 Å². The molecule has 0 saturated carbocycles. The summed E-state index contributed by atoms with van der Waals surface area (Å²) in [5.41, 5.74) is 0.432. The zero-order valence-electron chi connectivity index (χ0n) is 13.0. The number of ether oxygens (including phenoxy) is 2. The predicted octanol–water partition coefficient (Wildman–Crippen LogP) is 1.24. The fourth-order valence-electron chi connectivity index (χ4n) is 1.95. The molecule has 0 fully saturated rings. The number of thiazole rings is 1. The van der Waals surface area contributed by atoms with Crippen molar-refractivity contribution in [1.29, 1.82) is 5.41 Å². The van der Waals surface area contributed by atoms with Crippen LogP contribution >= 0.6 is 11.3 Å². The van der Waals surface area contributed by atoms with E-state index < -0.39 is 17.8 Å². The molecule has 0 unspecified atom stereocenters. The SMILES string of the molecule is COC(=O)c1ccc(C(=O)OC)c(NC(=O)Cn2ccsc2=N)c1. The van der Waals surface area contributed by atoms with Gasteiger partial charge in [0.25, 0.3) is 0 Å². The Morgan fingerprint density at radius 3 is 2.50 bits per heavy atom. The van der Waals surface area contributed by atoms with E-state index in [-0.39, 0.29) is 28.2 Å². The summed E-state index contributed by atoms with van der Waals surface area (Å²) in [6.07, 6.45) is 1.61. The third kappa shape index (κ3) is 3.87. The highest BCUT2D eigenvalue weighted by atomic mass is 32.1. The summed E-state index contributed by atoms with van der Waals surface area (Å²) in [4.78, 5) is 35.8. The number of nitrogens with one attached hydrogen (secondary N) is 2. The van der Waals surface area contributed by atoms with Crippen LogP contribution in [0.5, 0.6) is 0 Å². The van der Waals surface area contributed by atoms with Crippen LogP contribution < -0.4 is 10.1 Å². The Balaban J connectivity index is 2.29. The van der Waals surface area contributed by atoms with Gasteiger partial charge >= 0.3 is 11.9 Å². The van der Waals surface area contributed by atoms with Crippen molar-refractivity contribution in [3.8, 4) is 0 Å². The molecule has 0 atom stereocenters. The van der Waals surface area contributed by atoms with Crippen LogP contribution in [0.3, 0.4) is 0 Å². The largest absolute Gasteiger partial charge is 0.465 e. The molecule has 0 bridgehead atoms. The topological polar surface area (TPSA) is 110 Å². The molecular weight excluding hydrogens is 334 g/mol. The number of amides is 1. The second-order valence-electron chi connectivity index (χ2n) is 4.63. The van der Waals surface area contributed by atoms with Crippen LogP contribution in [-0.2, 0) is 20.8 Å². The number of carbonyl (C=O) groups excluding carboxylic acids is 3. The molecule has 2 aromatic rings. The van der Waals surface area contributed by atoms with E-state index in [4.69, 9.17) is 5.41 Å². The molecule has 0 saturated heterocycles. The van der Waals surface area contributed by atoms with Crippen LogP contribution in [0.15, 0.2) is 29.8 Å². The molecule has 2 rings (SSSR count). The van der Waals surface area contributed by atoms with E-state index in [2.05, 4.69) is 14.8 Å². The first-order valence-corrected chi connectivity index (χ1v) is 7.63. The standard InChI is InChI=1S/C15H15N3O5S/c1-22-13(20)9-3-4-10(14(21)23-2)11(7-9)17-12(19)8-18-5-6-24-15(18)16/h3-7,16H,8H2,1-2H3,(H,17,19). The summed E-state index contributed by atoms with van der Waals surface area (Å²) in [5, 5.41) is 11.9. The van der Waals surface area contributed by atoms with Crippen LogP contribution in [-0.4, -0.2) is 36.6 Å². The molecule has 1 heterocycles. The Labute approximate surface area is 141 Å². The van der Waals surface area contributed by atoms with Gasteiger partial charge in [-0.2, -0.15) is 0 Å². The van der Waals surface area contributed by atoms with Gasteiger partial charge in [0.15, 0.2) is 4.80 Å². The lowest BCUT2D eigenvalue weighted by Crippen LogP contribution is -2.25. The minimum absolute atomic E-state index is 0.0919. The summed E-state index contributed by atoms with van der Waals surface area (Å²) < 4.78 is 10.7. The molecule has 0 aliphatic rings. The number of esters is 2. The number of aromatic nitrogens is 1. The lowest BCUT2D eigenvalue weighted by Gasteiger charge is -2.11. The summed E-state index contributed by atoms with van der Waals surface area (Å²) in [5.74, 6) is -1.69. The number of carbonyl (C=O) groups is 3. The van der Waals surface area contributed by atoms with Crippen molar-refractivity contribution in [2.75, 3.05) is 19.5 Å². The maximum absolute atomic E-state index is 12.2. The normalized spacial score (nSPS) is 10.1. The fourth-order valence-corrected chi connectivity index (χ4v) is 2.55. The molecule has 8 nitrogen and oxygen atoms in total. The van der Waals surface area contributed by atoms with Gasteiger partial charge in [-0.05, 0) is 18.2 Å². The molecular formula is C15H15N3O5S. The average Bonchev–Trinajstić information content (AvgIpc) is 2.98. The Hall–Kier alpha value is -2.94. The summed E-state index contributed by atoms with van der Waals surface area (Å²) >= 11 is 1.19. The first-order chi connectivity index (χ1) is 11.5. The Morgan fingerprint density at radius 1 is 1.21 bits per heavy atom. The maximum atomic E-state index is 12.2. The number of hydrogen-bond donors (Lipinski definition) is 2. The van der Waals surface area contributed by atoms with Crippen molar-refractivity contribution in [2.45, 2.75) is 6.54 Å². The lowest BCUT2D eigenvalue weighted by atomic mass is 10.1. The first-order valence-electron chi connectivity index (χ1n) is 6.75. The number of nitrogens with zero attached hydrogens (tertiary/aromatic N) is 1. The van der Waals surface area contributed by atoms with Gasteiger partial charge in [-0.3, -0.25) is 10.2 Å². The summed E-state index contributed by atoms with van der Waals surface area (Å²) in [6.45, 7) is -0.0919. The number of anilines is 1. The number of rotatable bonds is 5. The molecule has 9 heteroatoms. The van der Waals surface area contributed by atoms with Gasteiger partial charge in [0, 0.05) is 11.6 Å². The minimum atomic E-state index is -0.647. The molecule has 24 heavy (non-hydrogen) atoms. The molecule has 0 radical (unpaired) electrons. The monoisotopic (exact) mass is 349 g/mol. The van der Waals surface area contributed by atoms with Gasteiger partial charge < -0.3 is 19.4 Å². The quantitative estimate of drug-likeness (QED) is 0.789. The molecule has 1 aromatic carbocycles. The Bertz CT molecular complexity index is 840. The third-order valence-electron chi connectivity index (χ3n) is 3.12. The van der Waals surface area contributed by atoms with E-state index in [0.717, 1.165) is 0 Å². The molecule has 1 aromatic heterocycles. The molecule has 0 aliphatic heterocycles. The van der Waals surface area contributed by atoms with Crippen molar-refractivity contribution in [2.24, 2.45) is 0 Å². The van der Waals surface area contributed by atoms with Crippen molar-refractivity contribution in [1.82, 2.24) is 4.57 Å². The zero-order chi connectivity index (χ0) is 17.7. The van der Waals surface area contributed by atoms with Gasteiger partial charge in [0.2, 0.25) is 5.91 Å². The smallest absolute Gasteiger partial charge is 0.339 e. The van der Waals surface area contributed by atoms with Crippen molar-refractivity contribution in [3.63, 3.8) is 0 Å². The number of methoxy groups -OCH3 is 2. The van der Waals surface area contributed by atoms with E-state index in [1.54, 1.807) is 11.6 Å².